The minimum atomic E-state index is -0.530. The second kappa shape index (κ2) is 8.82. The number of carbonyl (C=O) groups is 1. The van der Waals surface area contributed by atoms with E-state index in [2.05, 4.69) is 0 Å². The molecule has 1 saturated heterocycles. The molecule has 118 valence electrons. The number of nitrogens with two attached hydrogens (primary N) is 1. The lowest BCUT2D eigenvalue weighted by atomic mass is 10.1. The molecule has 5 nitrogen and oxygen atoms in total. The van der Waals surface area contributed by atoms with Crippen molar-refractivity contribution < 1.29 is 14.3 Å². The van der Waals surface area contributed by atoms with Crippen molar-refractivity contribution in [2.45, 2.75) is 56.8 Å². The molecule has 6 heteroatoms. The molecular weight excluding hydrogens is 280 g/mol. The predicted octanol–water partition coefficient (Wildman–Crippen LogP) is 1.33. The first-order chi connectivity index (χ1) is 9.20. The van der Waals surface area contributed by atoms with Gasteiger partial charge in [-0.2, -0.15) is 0 Å². The first-order valence-corrected chi connectivity index (χ1v) is 7.39. The minimum Gasteiger partial charge on any atom is -0.383 e. The maximum atomic E-state index is 12.0. The van der Waals surface area contributed by atoms with E-state index in [0.29, 0.717) is 12.2 Å². The Kier molecular flexibility index (Phi) is 7.80. The van der Waals surface area contributed by atoms with Crippen molar-refractivity contribution in [2.24, 2.45) is 5.73 Å². The third kappa shape index (κ3) is 4.88. The van der Waals surface area contributed by atoms with Crippen molar-refractivity contribution in [1.82, 2.24) is 4.90 Å². The molecule has 0 radical (unpaired) electrons. The van der Waals surface area contributed by atoms with Crippen molar-refractivity contribution in [1.29, 1.82) is 0 Å². The minimum absolute atomic E-state index is 0. The second-order valence-corrected chi connectivity index (χ2v) is 5.63. The van der Waals surface area contributed by atoms with Gasteiger partial charge < -0.3 is 20.1 Å². The molecule has 1 amide bonds. The molecule has 2 aliphatic rings. The number of carbonyl (C=O) groups excluding carboxylic acids is 1. The van der Waals surface area contributed by atoms with Gasteiger partial charge in [0.2, 0.25) is 5.91 Å². The monoisotopic (exact) mass is 306 g/mol. The number of piperidine rings is 1. The summed E-state index contributed by atoms with van der Waals surface area (Å²) in [5.74, 6) is 0.00108. The Bertz CT molecular complexity index is 290. The fraction of sp³-hybridized carbons (Fsp3) is 0.929. The van der Waals surface area contributed by atoms with Gasteiger partial charge in [0.05, 0.1) is 18.8 Å². The van der Waals surface area contributed by atoms with Crippen LogP contribution in [0.5, 0.6) is 0 Å². The fourth-order valence-corrected chi connectivity index (χ4v) is 2.99. The highest BCUT2D eigenvalue weighted by Gasteiger charge is 2.28. The highest BCUT2D eigenvalue weighted by molar-refractivity contribution is 5.85. The van der Waals surface area contributed by atoms with Crippen molar-refractivity contribution in [2.75, 3.05) is 26.8 Å². The van der Waals surface area contributed by atoms with Crippen LogP contribution in [0, 0.1) is 0 Å². The second-order valence-electron chi connectivity index (χ2n) is 5.63. The summed E-state index contributed by atoms with van der Waals surface area (Å²) < 4.78 is 11.0. The average Bonchev–Trinajstić information content (AvgIpc) is 2.92. The molecule has 0 bridgehead atoms. The number of nitrogens with zero attached hydrogens (tertiary/aromatic N) is 1. The van der Waals surface area contributed by atoms with E-state index < -0.39 is 6.04 Å². The van der Waals surface area contributed by atoms with Crippen LogP contribution in [-0.4, -0.2) is 55.9 Å². The zero-order valence-electron chi connectivity index (χ0n) is 12.3. The SMILES string of the molecule is COCC(N)C(=O)N1CCC(OC2CCCC2)CC1.Cl. The van der Waals surface area contributed by atoms with Gasteiger partial charge in [0.15, 0.2) is 0 Å². The first-order valence-electron chi connectivity index (χ1n) is 7.39. The standard InChI is InChI=1S/C14H26N2O3.ClH/c1-18-10-13(15)14(17)16-8-6-12(7-9-16)19-11-4-2-3-5-11;/h11-13H,2-10,15H2,1H3;1H. The highest BCUT2D eigenvalue weighted by Crippen LogP contribution is 2.25. The van der Waals surface area contributed by atoms with Crippen LogP contribution in [0.25, 0.3) is 0 Å². The van der Waals surface area contributed by atoms with Crippen LogP contribution in [0.3, 0.4) is 0 Å². The van der Waals surface area contributed by atoms with Gasteiger partial charge in [0.1, 0.15) is 6.04 Å². The van der Waals surface area contributed by atoms with Gasteiger partial charge in [-0.3, -0.25) is 4.79 Å². The molecule has 1 aliphatic heterocycles. The molecule has 0 aromatic heterocycles. The normalized spacial score (nSPS) is 22.6. The molecule has 20 heavy (non-hydrogen) atoms. The maximum Gasteiger partial charge on any atom is 0.241 e. The van der Waals surface area contributed by atoms with E-state index in [9.17, 15) is 4.79 Å². The number of halogens is 1. The largest absolute Gasteiger partial charge is 0.383 e. The Hall–Kier alpha value is -0.360. The smallest absolute Gasteiger partial charge is 0.241 e. The summed E-state index contributed by atoms with van der Waals surface area (Å²) in [5.41, 5.74) is 5.78. The maximum absolute atomic E-state index is 12.0. The summed E-state index contributed by atoms with van der Waals surface area (Å²) in [7, 11) is 1.56. The molecule has 2 N–H and O–H groups in total. The fourth-order valence-electron chi connectivity index (χ4n) is 2.99. The van der Waals surface area contributed by atoms with Crippen LogP contribution in [0.2, 0.25) is 0 Å². The third-order valence-electron chi connectivity index (χ3n) is 4.10. The molecule has 1 atom stereocenters. The molecule has 2 fully saturated rings. The third-order valence-corrected chi connectivity index (χ3v) is 4.10. The van der Waals surface area contributed by atoms with E-state index in [0.717, 1.165) is 25.9 Å². The number of methoxy groups -OCH3 is 1. The van der Waals surface area contributed by atoms with E-state index in [1.807, 2.05) is 4.90 Å². The Morgan fingerprint density at radius 1 is 1.20 bits per heavy atom. The van der Waals surface area contributed by atoms with Crippen molar-refractivity contribution in [3.8, 4) is 0 Å². The van der Waals surface area contributed by atoms with Gasteiger partial charge >= 0.3 is 0 Å². The lowest BCUT2D eigenvalue weighted by molar-refractivity contribution is -0.137. The number of hydrogen-bond acceptors (Lipinski definition) is 4. The molecule has 1 heterocycles. The molecule has 1 unspecified atom stereocenters. The van der Waals surface area contributed by atoms with E-state index in [-0.39, 0.29) is 24.9 Å². The quantitative estimate of drug-likeness (QED) is 0.832. The summed E-state index contributed by atoms with van der Waals surface area (Å²) in [6.45, 7) is 1.80. The van der Waals surface area contributed by atoms with Crippen LogP contribution >= 0.6 is 12.4 Å². The van der Waals surface area contributed by atoms with Gasteiger partial charge in [-0.05, 0) is 25.7 Å². The summed E-state index contributed by atoms with van der Waals surface area (Å²) >= 11 is 0. The summed E-state index contributed by atoms with van der Waals surface area (Å²) in [5, 5.41) is 0. The molecule has 1 saturated carbocycles. The molecule has 2 rings (SSSR count). The number of likely N-dealkylation sites (tertiary alicyclic amines) is 1. The Balaban J connectivity index is 0.00000200. The van der Waals surface area contributed by atoms with Crippen LogP contribution < -0.4 is 5.73 Å². The van der Waals surface area contributed by atoms with Crippen LogP contribution in [0.15, 0.2) is 0 Å². The van der Waals surface area contributed by atoms with Crippen molar-refractivity contribution in [3.63, 3.8) is 0 Å². The van der Waals surface area contributed by atoms with Crippen LogP contribution in [-0.2, 0) is 14.3 Å². The summed E-state index contributed by atoms with van der Waals surface area (Å²) in [4.78, 5) is 13.9. The van der Waals surface area contributed by atoms with Crippen LogP contribution in [0.1, 0.15) is 38.5 Å². The van der Waals surface area contributed by atoms with Gasteiger partial charge in [-0.1, -0.05) is 12.8 Å². The zero-order chi connectivity index (χ0) is 13.7. The van der Waals surface area contributed by atoms with E-state index in [1.54, 1.807) is 7.11 Å². The van der Waals surface area contributed by atoms with Crippen LogP contribution in [0.4, 0.5) is 0 Å². The molecule has 0 spiro atoms. The molecule has 1 aliphatic carbocycles. The lowest BCUT2D eigenvalue weighted by Crippen LogP contribution is -2.50. The van der Waals surface area contributed by atoms with Gasteiger partial charge in [0, 0.05) is 20.2 Å². The Morgan fingerprint density at radius 2 is 1.75 bits per heavy atom. The summed E-state index contributed by atoms with van der Waals surface area (Å²) in [6.07, 6.45) is 7.66. The lowest BCUT2D eigenvalue weighted by Gasteiger charge is -2.34. The average molecular weight is 307 g/mol. The summed E-state index contributed by atoms with van der Waals surface area (Å²) in [6, 6.07) is -0.530. The number of rotatable bonds is 5. The number of hydrogen-bond donors (Lipinski definition) is 1. The van der Waals surface area contributed by atoms with Gasteiger partial charge in [-0.25, -0.2) is 0 Å². The van der Waals surface area contributed by atoms with Gasteiger partial charge in [0.25, 0.3) is 0 Å². The van der Waals surface area contributed by atoms with E-state index in [1.165, 1.54) is 25.7 Å². The highest BCUT2D eigenvalue weighted by atomic mass is 35.5. The van der Waals surface area contributed by atoms with Crippen molar-refractivity contribution in [3.05, 3.63) is 0 Å². The van der Waals surface area contributed by atoms with E-state index in [4.69, 9.17) is 15.2 Å². The Morgan fingerprint density at radius 3 is 2.30 bits per heavy atom. The predicted molar refractivity (Wildman–Crippen MR) is 80.0 cm³/mol. The molecule has 0 aromatic carbocycles. The Labute approximate surface area is 127 Å². The molecular formula is C14H27ClN2O3. The number of ether oxygens (including phenoxy) is 2. The van der Waals surface area contributed by atoms with Gasteiger partial charge in [-0.15, -0.1) is 12.4 Å². The van der Waals surface area contributed by atoms with Crippen molar-refractivity contribution >= 4 is 18.3 Å². The molecule has 0 aromatic rings. The number of amides is 1. The first kappa shape index (κ1) is 17.7. The van der Waals surface area contributed by atoms with E-state index >= 15 is 0 Å². The zero-order valence-corrected chi connectivity index (χ0v) is 13.1. The topological polar surface area (TPSA) is 64.8 Å².